The Kier molecular flexibility index (Phi) is 4.29. The Morgan fingerprint density at radius 3 is 2.71 bits per heavy atom. The Hall–Kier alpha value is -0.670. The standard InChI is InChI=1S/C11H12OS2/c1-2-8-4-3-5-9(6-8)10(12)7-11(13)14/h3-7,13-14H,2H2,1H3. The van der Waals surface area contributed by atoms with Crippen LogP contribution in [0.25, 0.3) is 0 Å². The Bertz CT molecular complexity index is 365. The van der Waals surface area contributed by atoms with Gasteiger partial charge in [0.15, 0.2) is 5.78 Å². The monoisotopic (exact) mass is 224 g/mol. The lowest BCUT2D eigenvalue weighted by Crippen LogP contribution is -1.95. The molecule has 0 bridgehead atoms. The summed E-state index contributed by atoms with van der Waals surface area (Å²) in [6.45, 7) is 2.06. The number of benzene rings is 1. The third-order valence-electron chi connectivity index (χ3n) is 1.88. The summed E-state index contributed by atoms with van der Waals surface area (Å²) in [5, 5.41) is 0. The molecule has 0 unspecified atom stereocenters. The van der Waals surface area contributed by atoms with Gasteiger partial charge >= 0.3 is 0 Å². The van der Waals surface area contributed by atoms with Crippen LogP contribution in [0.5, 0.6) is 0 Å². The second-order valence-electron chi connectivity index (χ2n) is 2.92. The maximum absolute atomic E-state index is 11.5. The lowest BCUT2D eigenvalue weighted by Gasteiger charge is -1.99. The molecule has 0 heterocycles. The number of carbonyl (C=O) groups excluding carboxylic acids is 1. The third-order valence-corrected chi connectivity index (χ3v) is 2.14. The van der Waals surface area contributed by atoms with E-state index in [1.807, 2.05) is 18.2 Å². The van der Waals surface area contributed by atoms with Crippen molar-refractivity contribution in [3.8, 4) is 0 Å². The van der Waals surface area contributed by atoms with Gasteiger partial charge in [-0.1, -0.05) is 25.1 Å². The largest absolute Gasteiger partial charge is 0.289 e. The second-order valence-corrected chi connectivity index (χ2v) is 4.24. The van der Waals surface area contributed by atoms with Crippen LogP contribution in [0.1, 0.15) is 22.8 Å². The second kappa shape index (κ2) is 5.27. The first-order chi connectivity index (χ1) is 6.63. The lowest BCUT2D eigenvalue weighted by atomic mass is 10.1. The smallest absolute Gasteiger partial charge is 0.187 e. The summed E-state index contributed by atoms with van der Waals surface area (Å²) in [6, 6.07) is 7.57. The van der Waals surface area contributed by atoms with E-state index in [2.05, 4.69) is 32.2 Å². The molecule has 14 heavy (non-hydrogen) atoms. The molecule has 3 heteroatoms. The molecule has 0 spiro atoms. The quantitative estimate of drug-likeness (QED) is 0.458. The summed E-state index contributed by atoms with van der Waals surface area (Å²) >= 11 is 7.88. The van der Waals surface area contributed by atoms with Gasteiger partial charge in [-0.2, -0.15) is 0 Å². The average molecular weight is 224 g/mol. The zero-order chi connectivity index (χ0) is 10.6. The minimum atomic E-state index is -0.0553. The Morgan fingerprint density at radius 1 is 1.43 bits per heavy atom. The third kappa shape index (κ3) is 3.24. The topological polar surface area (TPSA) is 17.1 Å². The molecule has 0 aliphatic rings. The molecular weight excluding hydrogens is 212 g/mol. The van der Waals surface area contributed by atoms with Crippen molar-refractivity contribution in [2.45, 2.75) is 13.3 Å². The zero-order valence-electron chi connectivity index (χ0n) is 7.90. The molecule has 1 nitrogen and oxygen atoms in total. The first-order valence-corrected chi connectivity index (χ1v) is 5.26. The molecule has 0 fully saturated rings. The van der Waals surface area contributed by atoms with E-state index in [1.54, 1.807) is 6.07 Å². The normalized spacial score (nSPS) is 9.64. The first kappa shape index (κ1) is 11.4. The molecule has 0 aromatic heterocycles. The highest BCUT2D eigenvalue weighted by molar-refractivity contribution is 8.05. The number of hydrogen-bond acceptors (Lipinski definition) is 3. The van der Waals surface area contributed by atoms with Gasteiger partial charge in [-0.15, -0.1) is 25.3 Å². The molecule has 74 valence electrons. The molecule has 0 atom stereocenters. The molecule has 0 radical (unpaired) electrons. The molecule has 0 aliphatic heterocycles. The van der Waals surface area contributed by atoms with E-state index in [0.717, 1.165) is 12.0 Å². The van der Waals surface area contributed by atoms with Crippen LogP contribution in [-0.2, 0) is 6.42 Å². The molecule has 1 aromatic carbocycles. The zero-order valence-corrected chi connectivity index (χ0v) is 9.69. The highest BCUT2D eigenvalue weighted by Crippen LogP contribution is 2.11. The van der Waals surface area contributed by atoms with Crippen molar-refractivity contribution >= 4 is 31.0 Å². The van der Waals surface area contributed by atoms with Gasteiger partial charge in [0.2, 0.25) is 0 Å². The van der Waals surface area contributed by atoms with E-state index in [-0.39, 0.29) is 5.78 Å². The number of hydrogen-bond donors (Lipinski definition) is 2. The molecule has 0 N–H and O–H groups in total. The van der Waals surface area contributed by atoms with Crippen molar-refractivity contribution in [3.05, 3.63) is 45.7 Å². The molecule has 1 rings (SSSR count). The number of thiol groups is 2. The summed E-state index contributed by atoms with van der Waals surface area (Å²) < 4.78 is 0.428. The maximum Gasteiger partial charge on any atom is 0.187 e. The van der Waals surface area contributed by atoms with E-state index < -0.39 is 0 Å². The summed E-state index contributed by atoms with van der Waals surface area (Å²) in [7, 11) is 0. The van der Waals surface area contributed by atoms with Crippen LogP contribution in [0.3, 0.4) is 0 Å². The minimum Gasteiger partial charge on any atom is -0.289 e. The van der Waals surface area contributed by atoms with Crippen LogP contribution in [0.2, 0.25) is 0 Å². The van der Waals surface area contributed by atoms with Gasteiger partial charge in [0.25, 0.3) is 0 Å². The number of ketones is 1. The number of allylic oxidation sites excluding steroid dienone is 1. The molecular formula is C11H12OS2. The fraction of sp³-hybridized carbons (Fsp3) is 0.182. The van der Waals surface area contributed by atoms with Crippen LogP contribution in [0.4, 0.5) is 0 Å². The molecule has 0 saturated heterocycles. The SMILES string of the molecule is CCc1cccc(C(=O)C=C(S)S)c1. The van der Waals surface area contributed by atoms with Crippen molar-refractivity contribution in [1.29, 1.82) is 0 Å². The van der Waals surface area contributed by atoms with Gasteiger partial charge in [0, 0.05) is 15.9 Å². The highest BCUT2D eigenvalue weighted by Gasteiger charge is 2.02. The van der Waals surface area contributed by atoms with Crippen molar-refractivity contribution < 1.29 is 4.79 Å². The number of aryl methyl sites for hydroxylation is 1. The fourth-order valence-electron chi connectivity index (χ4n) is 1.15. The van der Waals surface area contributed by atoms with E-state index in [4.69, 9.17) is 0 Å². The minimum absolute atomic E-state index is 0.0553. The molecule has 1 aromatic rings. The van der Waals surface area contributed by atoms with Crippen LogP contribution in [-0.4, -0.2) is 5.78 Å². The van der Waals surface area contributed by atoms with Gasteiger partial charge in [0.05, 0.1) is 0 Å². The van der Waals surface area contributed by atoms with E-state index >= 15 is 0 Å². The van der Waals surface area contributed by atoms with Crippen LogP contribution < -0.4 is 0 Å². The lowest BCUT2D eigenvalue weighted by molar-refractivity contribution is 0.104. The molecule has 0 aliphatic carbocycles. The predicted octanol–water partition coefficient (Wildman–Crippen LogP) is 3.13. The van der Waals surface area contributed by atoms with Gasteiger partial charge in [-0.05, 0) is 18.1 Å². The van der Waals surface area contributed by atoms with E-state index in [0.29, 0.717) is 9.80 Å². The summed E-state index contributed by atoms with van der Waals surface area (Å²) in [6.07, 6.45) is 2.33. The van der Waals surface area contributed by atoms with Gasteiger partial charge < -0.3 is 0 Å². The van der Waals surface area contributed by atoms with Crippen molar-refractivity contribution in [3.63, 3.8) is 0 Å². The predicted molar refractivity (Wildman–Crippen MR) is 66.2 cm³/mol. The Balaban J connectivity index is 2.96. The van der Waals surface area contributed by atoms with Gasteiger partial charge in [0.1, 0.15) is 0 Å². The van der Waals surface area contributed by atoms with E-state index in [1.165, 1.54) is 6.08 Å². The van der Waals surface area contributed by atoms with E-state index in [9.17, 15) is 4.79 Å². The Morgan fingerprint density at radius 2 is 2.14 bits per heavy atom. The van der Waals surface area contributed by atoms with Crippen molar-refractivity contribution in [2.75, 3.05) is 0 Å². The van der Waals surface area contributed by atoms with Crippen molar-refractivity contribution in [2.24, 2.45) is 0 Å². The van der Waals surface area contributed by atoms with Gasteiger partial charge in [-0.3, -0.25) is 4.79 Å². The summed E-state index contributed by atoms with van der Waals surface area (Å²) in [4.78, 5) is 11.5. The van der Waals surface area contributed by atoms with Crippen molar-refractivity contribution in [1.82, 2.24) is 0 Å². The number of rotatable bonds is 3. The molecule has 0 amide bonds. The fourth-order valence-corrected chi connectivity index (χ4v) is 1.38. The van der Waals surface area contributed by atoms with Crippen LogP contribution >= 0.6 is 25.3 Å². The first-order valence-electron chi connectivity index (χ1n) is 4.36. The maximum atomic E-state index is 11.5. The van der Waals surface area contributed by atoms with Crippen LogP contribution in [0, 0.1) is 0 Å². The summed E-state index contributed by atoms with van der Waals surface area (Å²) in [5.41, 5.74) is 1.84. The summed E-state index contributed by atoms with van der Waals surface area (Å²) in [5.74, 6) is -0.0553. The highest BCUT2D eigenvalue weighted by atomic mass is 32.2. The average Bonchev–Trinajstić information content (AvgIpc) is 2.17. The van der Waals surface area contributed by atoms with Gasteiger partial charge in [-0.25, -0.2) is 0 Å². The molecule has 0 saturated carbocycles. The Labute approximate surface area is 95.0 Å². The number of carbonyl (C=O) groups is 1. The van der Waals surface area contributed by atoms with Crippen LogP contribution in [0.15, 0.2) is 34.6 Å².